The number of hydrogen-bond acceptors (Lipinski definition) is 2. The van der Waals surface area contributed by atoms with Crippen LogP contribution in [-0.4, -0.2) is 21.0 Å². The zero-order valence-electron chi connectivity index (χ0n) is 9.25. The van der Waals surface area contributed by atoms with Crippen LogP contribution in [-0.2, 0) is 23.1 Å². The first-order valence-electron chi connectivity index (χ1n) is 6.04. The number of H-pyrrole nitrogens is 1. The van der Waals surface area contributed by atoms with E-state index in [-0.39, 0.29) is 0 Å². The molecule has 0 spiro atoms. The Morgan fingerprint density at radius 1 is 1.25 bits per heavy atom. The van der Waals surface area contributed by atoms with Gasteiger partial charge < -0.3 is 10.1 Å². The molecule has 1 aromatic heterocycles. The van der Waals surface area contributed by atoms with Gasteiger partial charge in [0.2, 0.25) is 0 Å². The summed E-state index contributed by atoms with van der Waals surface area (Å²) in [5.41, 5.74) is 1.58. The molecule has 0 amide bonds. The summed E-state index contributed by atoms with van der Waals surface area (Å²) in [5, 5.41) is 9.34. The summed E-state index contributed by atoms with van der Waals surface area (Å²) in [4.78, 5) is 19.2. The van der Waals surface area contributed by atoms with Crippen LogP contribution in [0, 0.1) is 0 Å². The number of imidazole rings is 1. The molecule has 0 bridgehead atoms. The van der Waals surface area contributed by atoms with Gasteiger partial charge in [-0.1, -0.05) is 6.42 Å². The highest BCUT2D eigenvalue weighted by Crippen LogP contribution is 2.43. The molecular formula is C12H16N2O2. The first-order chi connectivity index (χ1) is 7.72. The minimum absolute atomic E-state index is 0.697. The maximum Gasteiger partial charge on any atom is 0.317 e. The SMILES string of the molecule is O=C(O)C1(c2nc3c([nH]2)CCCC3)CCC1. The maximum absolute atomic E-state index is 11.4. The van der Waals surface area contributed by atoms with Crippen LogP contribution in [0.4, 0.5) is 0 Å². The molecule has 0 unspecified atom stereocenters. The van der Waals surface area contributed by atoms with Gasteiger partial charge >= 0.3 is 5.97 Å². The second-order valence-corrected chi connectivity index (χ2v) is 4.96. The monoisotopic (exact) mass is 220 g/mol. The maximum atomic E-state index is 11.4. The molecule has 86 valence electrons. The minimum atomic E-state index is -0.718. The lowest BCUT2D eigenvalue weighted by atomic mass is 9.68. The number of nitrogens with zero attached hydrogens (tertiary/aromatic N) is 1. The van der Waals surface area contributed by atoms with Gasteiger partial charge in [0.1, 0.15) is 11.2 Å². The van der Waals surface area contributed by atoms with Crippen molar-refractivity contribution in [2.24, 2.45) is 0 Å². The molecule has 1 fully saturated rings. The van der Waals surface area contributed by atoms with Gasteiger partial charge in [0.25, 0.3) is 0 Å². The van der Waals surface area contributed by atoms with Crippen molar-refractivity contribution in [3.8, 4) is 0 Å². The van der Waals surface area contributed by atoms with Gasteiger partial charge in [-0.25, -0.2) is 4.98 Å². The fourth-order valence-electron chi connectivity index (χ4n) is 2.76. The predicted octanol–water partition coefficient (Wildman–Crippen LogP) is 1.79. The molecule has 0 saturated heterocycles. The molecule has 2 N–H and O–H groups in total. The van der Waals surface area contributed by atoms with Gasteiger partial charge in [-0.2, -0.15) is 0 Å². The van der Waals surface area contributed by atoms with Crippen molar-refractivity contribution in [1.29, 1.82) is 0 Å². The average molecular weight is 220 g/mol. The van der Waals surface area contributed by atoms with Crippen LogP contribution in [0.3, 0.4) is 0 Å². The molecule has 0 aromatic carbocycles. The number of carbonyl (C=O) groups is 1. The molecule has 1 heterocycles. The molecule has 1 saturated carbocycles. The smallest absolute Gasteiger partial charge is 0.317 e. The van der Waals surface area contributed by atoms with Crippen molar-refractivity contribution in [3.05, 3.63) is 17.2 Å². The Bertz CT molecular complexity index is 409. The van der Waals surface area contributed by atoms with Crippen molar-refractivity contribution >= 4 is 5.97 Å². The second-order valence-electron chi connectivity index (χ2n) is 4.96. The van der Waals surface area contributed by atoms with Gasteiger partial charge in [0, 0.05) is 5.69 Å². The average Bonchev–Trinajstić information content (AvgIpc) is 2.58. The Balaban J connectivity index is 1.99. The number of aromatic nitrogens is 2. The Hall–Kier alpha value is -1.32. The van der Waals surface area contributed by atoms with E-state index >= 15 is 0 Å². The van der Waals surface area contributed by atoms with E-state index in [9.17, 15) is 9.90 Å². The van der Waals surface area contributed by atoms with Gasteiger partial charge in [0.05, 0.1) is 5.69 Å². The van der Waals surface area contributed by atoms with Crippen LogP contribution in [0.25, 0.3) is 0 Å². The molecule has 4 nitrogen and oxygen atoms in total. The summed E-state index contributed by atoms with van der Waals surface area (Å²) in [6.45, 7) is 0. The molecule has 3 rings (SSSR count). The number of aromatic amines is 1. The minimum Gasteiger partial charge on any atom is -0.480 e. The first kappa shape index (κ1) is 9.87. The number of carboxylic acids is 1. The van der Waals surface area contributed by atoms with Crippen LogP contribution in [0.5, 0.6) is 0 Å². The van der Waals surface area contributed by atoms with Crippen molar-refractivity contribution < 1.29 is 9.90 Å². The molecule has 16 heavy (non-hydrogen) atoms. The molecule has 0 aliphatic heterocycles. The van der Waals surface area contributed by atoms with Gasteiger partial charge in [-0.05, 0) is 38.5 Å². The van der Waals surface area contributed by atoms with Crippen LogP contribution < -0.4 is 0 Å². The highest BCUT2D eigenvalue weighted by molar-refractivity contribution is 5.81. The summed E-state index contributed by atoms with van der Waals surface area (Å²) >= 11 is 0. The highest BCUT2D eigenvalue weighted by atomic mass is 16.4. The van der Waals surface area contributed by atoms with E-state index in [0.29, 0.717) is 5.82 Å². The van der Waals surface area contributed by atoms with E-state index in [0.717, 1.165) is 37.8 Å². The van der Waals surface area contributed by atoms with Crippen molar-refractivity contribution in [2.45, 2.75) is 50.4 Å². The highest BCUT2D eigenvalue weighted by Gasteiger charge is 2.48. The number of nitrogens with one attached hydrogen (secondary N) is 1. The largest absolute Gasteiger partial charge is 0.480 e. The fourth-order valence-corrected chi connectivity index (χ4v) is 2.76. The quantitative estimate of drug-likeness (QED) is 0.798. The summed E-state index contributed by atoms with van der Waals surface area (Å²) in [7, 11) is 0. The van der Waals surface area contributed by atoms with Gasteiger partial charge in [-0.15, -0.1) is 0 Å². The first-order valence-corrected chi connectivity index (χ1v) is 6.04. The second kappa shape index (κ2) is 3.34. The van der Waals surface area contributed by atoms with Crippen molar-refractivity contribution in [3.63, 3.8) is 0 Å². The molecule has 2 aliphatic carbocycles. The van der Waals surface area contributed by atoms with Crippen LogP contribution in [0.15, 0.2) is 0 Å². The van der Waals surface area contributed by atoms with Crippen LogP contribution in [0.1, 0.15) is 49.3 Å². The third-order valence-electron chi connectivity index (χ3n) is 4.02. The van der Waals surface area contributed by atoms with E-state index < -0.39 is 11.4 Å². The number of hydrogen-bond donors (Lipinski definition) is 2. The lowest BCUT2D eigenvalue weighted by Crippen LogP contribution is -2.43. The Labute approximate surface area is 94.1 Å². The molecular weight excluding hydrogens is 204 g/mol. The number of carboxylic acid groups (broad SMARTS) is 1. The third-order valence-corrected chi connectivity index (χ3v) is 4.02. The number of fused-ring (bicyclic) bond motifs is 1. The molecule has 0 radical (unpaired) electrons. The predicted molar refractivity (Wildman–Crippen MR) is 58.4 cm³/mol. The van der Waals surface area contributed by atoms with Gasteiger partial charge in [-0.3, -0.25) is 4.79 Å². The van der Waals surface area contributed by atoms with Crippen molar-refractivity contribution in [2.75, 3.05) is 0 Å². The van der Waals surface area contributed by atoms with E-state index in [2.05, 4.69) is 9.97 Å². The topological polar surface area (TPSA) is 66.0 Å². The Morgan fingerprint density at radius 2 is 2.00 bits per heavy atom. The van der Waals surface area contributed by atoms with E-state index in [4.69, 9.17) is 0 Å². The zero-order valence-corrected chi connectivity index (χ0v) is 9.25. The number of aliphatic carboxylic acids is 1. The summed E-state index contributed by atoms with van der Waals surface area (Å²) in [5.74, 6) is -0.0111. The van der Waals surface area contributed by atoms with Crippen LogP contribution in [0.2, 0.25) is 0 Å². The van der Waals surface area contributed by atoms with E-state index in [1.54, 1.807) is 0 Å². The van der Waals surface area contributed by atoms with E-state index in [1.807, 2.05) is 0 Å². The Kier molecular flexibility index (Phi) is 2.06. The van der Waals surface area contributed by atoms with Crippen LogP contribution >= 0.6 is 0 Å². The van der Waals surface area contributed by atoms with E-state index in [1.165, 1.54) is 18.5 Å². The summed E-state index contributed by atoms with van der Waals surface area (Å²) in [6.07, 6.45) is 6.85. The lowest BCUT2D eigenvalue weighted by Gasteiger charge is -2.35. The summed E-state index contributed by atoms with van der Waals surface area (Å²) < 4.78 is 0. The zero-order chi connectivity index (χ0) is 11.2. The Morgan fingerprint density at radius 3 is 2.56 bits per heavy atom. The third kappa shape index (κ3) is 1.22. The molecule has 4 heteroatoms. The molecule has 0 atom stereocenters. The fraction of sp³-hybridized carbons (Fsp3) is 0.667. The number of aryl methyl sites for hydroxylation is 2. The van der Waals surface area contributed by atoms with Gasteiger partial charge in [0.15, 0.2) is 0 Å². The number of rotatable bonds is 2. The normalized spacial score (nSPS) is 22.2. The molecule has 2 aliphatic rings. The molecule has 1 aromatic rings. The van der Waals surface area contributed by atoms with Crippen molar-refractivity contribution in [1.82, 2.24) is 9.97 Å². The standard InChI is InChI=1S/C12H16N2O2/c15-11(16)12(6-3-7-12)10-13-8-4-1-2-5-9(8)14-10/h1-7H2,(H,13,14)(H,15,16). The lowest BCUT2D eigenvalue weighted by molar-refractivity contribution is -0.147. The summed E-state index contributed by atoms with van der Waals surface area (Å²) in [6, 6.07) is 0.